The molecule has 2 aromatic heterocycles. The Morgan fingerprint density at radius 3 is 2.90 bits per heavy atom. The quantitative estimate of drug-likeness (QED) is 0.538. The zero-order valence-corrected chi connectivity index (χ0v) is 17.6. The van der Waals surface area contributed by atoms with E-state index in [0.717, 1.165) is 57.0 Å². The highest BCUT2D eigenvalue weighted by Crippen LogP contribution is 2.27. The molecule has 1 saturated heterocycles. The summed E-state index contributed by atoms with van der Waals surface area (Å²) in [5, 5.41) is 9.05. The molecule has 1 aliphatic carbocycles. The number of rotatable bonds is 7. The number of furan rings is 1. The van der Waals surface area contributed by atoms with E-state index >= 15 is 0 Å². The normalized spacial score (nSPS) is 20.3. The predicted octanol–water partition coefficient (Wildman–Crippen LogP) is 3.41. The third-order valence-electron chi connectivity index (χ3n) is 5.76. The lowest BCUT2D eigenvalue weighted by Crippen LogP contribution is -2.46. The third-order valence-corrected chi connectivity index (χ3v) is 6.62. The average molecular weight is 415 g/mol. The number of hydrogen-bond acceptors (Lipinski definition) is 4. The first-order valence-corrected chi connectivity index (χ1v) is 11.5. The Morgan fingerprint density at radius 2 is 2.14 bits per heavy atom. The average Bonchev–Trinajstić information content (AvgIpc) is 3.54. The van der Waals surface area contributed by atoms with Crippen molar-refractivity contribution in [3.8, 4) is 0 Å². The van der Waals surface area contributed by atoms with Gasteiger partial charge in [-0.3, -0.25) is 4.79 Å². The lowest BCUT2D eigenvalue weighted by molar-refractivity contribution is -0.134. The first kappa shape index (κ1) is 20.0. The molecule has 4 rings (SSSR count). The van der Waals surface area contributed by atoms with E-state index in [1.54, 1.807) is 17.6 Å². The van der Waals surface area contributed by atoms with Crippen LogP contribution in [0, 0.1) is 5.92 Å². The Balaban J connectivity index is 1.31. The summed E-state index contributed by atoms with van der Waals surface area (Å²) < 4.78 is 5.41. The highest BCUT2D eigenvalue weighted by atomic mass is 32.1. The molecule has 0 radical (unpaired) electrons. The highest BCUT2D eigenvalue weighted by molar-refractivity contribution is 7.09. The molecule has 0 bridgehead atoms. The molecule has 1 atom stereocenters. The lowest BCUT2D eigenvalue weighted by Gasteiger charge is -2.21. The van der Waals surface area contributed by atoms with Crippen molar-refractivity contribution in [3.05, 3.63) is 46.5 Å². The molecule has 2 fully saturated rings. The second kappa shape index (κ2) is 9.96. The maximum absolute atomic E-state index is 12.7. The predicted molar refractivity (Wildman–Crippen MR) is 116 cm³/mol. The van der Waals surface area contributed by atoms with Crippen molar-refractivity contribution in [2.45, 2.75) is 51.1 Å². The van der Waals surface area contributed by atoms with Crippen molar-refractivity contribution < 1.29 is 9.21 Å². The molecular formula is C22H30N4O2S. The number of thiophene rings is 1. The molecule has 2 aliphatic rings. The Bertz CT molecular complexity index is 782. The summed E-state index contributed by atoms with van der Waals surface area (Å²) in [5.41, 5.74) is 0. The number of hydrogen-bond donors (Lipinski definition) is 2. The van der Waals surface area contributed by atoms with Crippen LogP contribution < -0.4 is 10.6 Å². The molecule has 1 unspecified atom stereocenters. The smallest absolute Gasteiger partial charge is 0.225 e. The molecule has 1 saturated carbocycles. The van der Waals surface area contributed by atoms with E-state index in [1.165, 1.54) is 17.7 Å². The number of guanidine groups is 1. The van der Waals surface area contributed by atoms with Crippen molar-refractivity contribution in [1.29, 1.82) is 0 Å². The van der Waals surface area contributed by atoms with Gasteiger partial charge < -0.3 is 20.0 Å². The highest BCUT2D eigenvalue weighted by Gasteiger charge is 2.32. The number of nitrogens with zero attached hydrogens (tertiary/aromatic N) is 2. The molecule has 1 amide bonds. The van der Waals surface area contributed by atoms with Gasteiger partial charge in [-0.05, 0) is 42.8 Å². The van der Waals surface area contributed by atoms with E-state index in [2.05, 4.69) is 28.1 Å². The number of aliphatic imine (C=N–C) groups is 1. The van der Waals surface area contributed by atoms with Gasteiger partial charge in [-0.15, -0.1) is 11.3 Å². The largest absolute Gasteiger partial charge is 0.469 e. The van der Waals surface area contributed by atoms with Crippen molar-refractivity contribution in [1.82, 2.24) is 15.5 Å². The second-order valence-electron chi connectivity index (χ2n) is 7.90. The Labute approximate surface area is 176 Å². The first-order chi connectivity index (χ1) is 14.3. The Morgan fingerprint density at radius 1 is 1.24 bits per heavy atom. The summed E-state index contributed by atoms with van der Waals surface area (Å²) in [6, 6.07) is 8.30. The van der Waals surface area contributed by atoms with Crippen LogP contribution in [0.15, 0.2) is 45.3 Å². The number of carbonyl (C=O) groups is 1. The fraction of sp³-hybridized carbons (Fsp3) is 0.545. The summed E-state index contributed by atoms with van der Waals surface area (Å²) in [4.78, 5) is 20.8. The van der Waals surface area contributed by atoms with Crippen LogP contribution >= 0.6 is 11.3 Å². The van der Waals surface area contributed by atoms with Gasteiger partial charge >= 0.3 is 0 Å². The summed E-state index contributed by atoms with van der Waals surface area (Å²) in [5.74, 6) is 2.39. The minimum absolute atomic E-state index is 0.249. The van der Waals surface area contributed by atoms with Crippen molar-refractivity contribution in [2.75, 3.05) is 19.6 Å². The van der Waals surface area contributed by atoms with Crippen LogP contribution in [0.2, 0.25) is 0 Å². The second-order valence-corrected chi connectivity index (χ2v) is 8.93. The standard InChI is InChI=1S/C22H30N4O2S/c27-21(17-5-1-2-6-17)26-12-10-18(16-26)25-22(24-15-20-8-4-14-29-20)23-11-9-19-7-3-13-28-19/h3-4,7-8,13-14,17-18H,1-2,5-6,9-12,15-16H2,(H2,23,24,25). The topological polar surface area (TPSA) is 69.9 Å². The van der Waals surface area contributed by atoms with Crippen LogP contribution in [0.25, 0.3) is 0 Å². The molecule has 6 nitrogen and oxygen atoms in total. The monoisotopic (exact) mass is 414 g/mol. The van der Waals surface area contributed by atoms with Crippen molar-refractivity contribution >= 4 is 23.2 Å². The summed E-state index contributed by atoms with van der Waals surface area (Å²) >= 11 is 1.72. The van der Waals surface area contributed by atoms with Crippen LogP contribution in [-0.4, -0.2) is 42.4 Å². The number of amides is 1. The van der Waals surface area contributed by atoms with E-state index < -0.39 is 0 Å². The zero-order valence-electron chi connectivity index (χ0n) is 16.8. The van der Waals surface area contributed by atoms with Gasteiger partial charge in [-0.25, -0.2) is 4.99 Å². The minimum Gasteiger partial charge on any atom is -0.469 e. The van der Waals surface area contributed by atoms with E-state index in [0.29, 0.717) is 12.5 Å². The number of likely N-dealkylation sites (tertiary alicyclic amines) is 1. The van der Waals surface area contributed by atoms with Gasteiger partial charge in [0.2, 0.25) is 5.91 Å². The van der Waals surface area contributed by atoms with Gasteiger partial charge in [-0.1, -0.05) is 18.9 Å². The van der Waals surface area contributed by atoms with Crippen LogP contribution in [0.3, 0.4) is 0 Å². The van der Waals surface area contributed by atoms with Crippen LogP contribution in [0.1, 0.15) is 42.7 Å². The van der Waals surface area contributed by atoms with Gasteiger partial charge in [0.15, 0.2) is 5.96 Å². The number of carbonyl (C=O) groups excluding carboxylic acids is 1. The summed E-state index contributed by atoms with van der Waals surface area (Å²) in [6.07, 6.45) is 8.01. The molecule has 7 heteroatoms. The zero-order chi connectivity index (χ0) is 19.9. The molecule has 29 heavy (non-hydrogen) atoms. The van der Waals surface area contributed by atoms with Gasteiger partial charge in [0.05, 0.1) is 12.8 Å². The first-order valence-electron chi connectivity index (χ1n) is 10.7. The molecule has 2 N–H and O–H groups in total. The number of nitrogens with one attached hydrogen (secondary N) is 2. The molecular weight excluding hydrogens is 384 g/mol. The fourth-order valence-electron chi connectivity index (χ4n) is 4.17. The van der Waals surface area contributed by atoms with Gasteiger partial charge in [-0.2, -0.15) is 0 Å². The SMILES string of the molecule is O=C(C1CCCC1)N1CCC(NC(=NCc2cccs2)NCCc2ccco2)C1. The van der Waals surface area contributed by atoms with Crippen LogP contribution in [0.5, 0.6) is 0 Å². The Kier molecular flexibility index (Phi) is 6.87. The molecule has 1 aliphatic heterocycles. The van der Waals surface area contributed by atoms with E-state index in [4.69, 9.17) is 9.41 Å². The molecule has 0 aromatic carbocycles. The van der Waals surface area contributed by atoms with E-state index in [-0.39, 0.29) is 12.0 Å². The Hall–Kier alpha value is -2.28. The van der Waals surface area contributed by atoms with Crippen LogP contribution in [0.4, 0.5) is 0 Å². The maximum Gasteiger partial charge on any atom is 0.225 e. The molecule has 2 aromatic rings. The van der Waals surface area contributed by atoms with E-state index in [1.807, 2.05) is 17.0 Å². The molecule has 156 valence electrons. The minimum atomic E-state index is 0.249. The molecule has 3 heterocycles. The maximum atomic E-state index is 12.7. The summed E-state index contributed by atoms with van der Waals surface area (Å²) in [6.45, 7) is 3.03. The van der Waals surface area contributed by atoms with Gasteiger partial charge in [0.25, 0.3) is 0 Å². The fourth-order valence-corrected chi connectivity index (χ4v) is 4.80. The molecule has 0 spiro atoms. The van der Waals surface area contributed by atoms with Gasteiger partial charge in [0.1, 0.15) is 5.76 Å². The van der Waals surface area contributed by atoms with Crippen LogP contribution in [-0.2, 0) is 17.8 Å². The third kappa shape index (κ3) is 5.63. The lowest BCUT2D eigenvalue weighted by atomic mass is 10.1. The van der Waals surface area contributed by atoms with E-state index in [9.17, 15) is 4.79 Å². The van der Waals surface area contributed by atoms with Gasteiger partial charge in [0, 0.05) is 42.9 Å². The summed E-state index contributed by atoms with van der Waals surface area (Å²) in [7, 11) is 0. The van der Waals surface area contributed by atoms with Crippen molar-refractivity contribution in [2.24, 2.45) is 10.9 Å². The van der Waals surface area contributed by atoms with Crippen molar-refractivity contribution in [3.63, 3.8) is 0 Å².